The number of carbonyl (C=O) groups excluding carboxylic acids is 4. The van der Waals surface area contributed by atoms with Crippen molar-refractivity contribution in [2.24, 2.45) is 17.8 Å². The molecule has 1 spiro atoms. The second-order valence-corrected chi connectivity index (χ2v) is 11.9. The molecule has 0 aromatic heterocycles. The van der Waals surface area contributed by atoms with Gasteiger partial charge in [-0.1, -0.05) is 32.0 Å². The number of fused-ring (bicyclic) bond motifs is 2. The van der Waals surface area contributed by atoms with Gasteiger partial charge in [0.25, 0.3) is 0 Å². The molecule has 1 aromatic carbocycles. The van der Waals surface area contributed by atoms with Gasteiger partial charge in [-0.25, -0.2) is 8.78 Å². The summed E-state index contributed by atoms with van der Waals surface area (Å²) in [5.41, 5.74) is 0.299. The van der Waals surface area contributed by atoms with Gasteiger partial charge in [-0.05, 0) is 42.7 Å². The Kier molecular flexibility index (Phi) is 6.85. The lowest BCUT2D eigenvalue weighted by Gasteiger charge is -2.40. The van der Waals surface area contributed by atoms with Crippen LogP contribution in [0.4, 0.5) is 14.5 Å². The normalized spacial score (nSPS) is 26.8. The molecule has 3 N–H and O–H groups in total. The highest BCUT2D eigenvalue weighted by atomic mass is 19.3. The van der Waals surface area contributed by atoms with E-state index in [-0.39, 0.29) is 43.0 Å². The largest absolute Gasteiger partial charge is 0.344 e. The van der Waals surface area contributed by atoms with Crippen LogP contribution in [0.3, 0.4) is 0 Å². The zero-order chi connectivity index (χ0) is 28.1. The fourth-order valence-electron chi connectivity index (χ4n) is 6.10. The summed E-state index contributed by atoms with van der Waals surface area (Å²) in [6.07, 6.45) is 0.713. The molecule has 3 fully saturated rings. The SMILES string of the molecule is CC(C)C[C@H](NC(=O)[C@@H](NC(=O)C1CC1)C1CC(F)(F)C1)C(=O)N1C[C@]2(C[C@H]1C#N)C(=O)Nc1ccccc12. The van der Waals surface area contributed by atoms with Gasteiger partial charge in [-0.2, -0.15) is 5.26 Å². The van der Waals surface area contributed by atoms with Gasteiger partial charge >= 0.3 is 0 Å². The number of likely N-dealkylation sites (tertiary alicyclic amines) is 1. The van der Waals surface area contributed by atoms with Crippen molar-refractivity contribution in [3.63, 3.8) is 0 Å². The van der Waals surface area contributed by atoms with Crippen LogP contribution in [0.1, 0.15) is 57.9 Å². The number of benzene rings is 1. The highest BCUT2D eigenvalue weighted by Crippen LogP contribution is 2.47. The molecule has 5 rings (SSSR count). The van der Waals surface area contributed by atoms with Crippen LogP contribution in [0, 0.1) is 29.1 Å². The van der Waals surface area contributed by atoms with E-state index in [0.717, 1.165) is 5.56 Å². The van der Waals surface area contributed by atoms with Crippen molar-refractivity contribution in [1.82, 2.24) is 15.5 Å². The predicted molar refractivity (Wildman–Crippen MR) is 136 cm³/mol. The van der Waals surface area contributed by atoms with Crippen LogP contribution in [-0.2, 0) is 24.6 Å². The van der Waals surface area contributed by atoms with Crippen LogP contribution in [0.5, 0.6) is 0 Å². The molecule has 1 saturated heterocycles. The number of carbonyl (C=O) groups is 4. The lowest BCUT2D eigenvalue weighted by Crippen LogP contribution is -2.60. The fraction of sp³-hybridized carbons (Fsp3) is 0.607. The molecule has 2 aliphatic heterocycles. The van der Waals surface area contributed by atoms with Gasteiger partial charge in [0.2, 0.25) is 29.6 Å². The molecule has 4 amide bonds. The molecule has 2 saturated carbocycles. The Morgan fingerprint density at radius 3 is 2.46 bits per heavy atom. The lowest BCUT2D eigenvalue weighted by atomic mass is 9.76. The number of rotatable bonds is 8. The van der Waals surface area contributed by atoms with E-state index in [4.69, 9.17) is 0 Å². The van der Waals surface area contributed by atoms with Crippen LogP contribution < -0.4 is 16.0 Å². The Morgan fingerprint density at radius 1 is 1.15 bits per heavy atom. The number of halogens is 2. The van der Waals surface area contributed by atoms with Crippen LogP contribution in [-0.4, -0.2) is 59.1 Å². The molecule has 4 atom stereocenters. The third kappa shape index (κ3) is 5.09. The number of anilines is 1. The van der Waals surface area contributed by atoms with Crippen molar-refractivity contribution < 1.29 is 28.0 Å². The minimum absolute atomic E-state index is 0.0198. The monoisotopic (exact) mass is 541 g/mol. The summed E-state index contributed by atoms with van der Waals surface area (Å²) >= 11 is 0. The van der Waals surface area contributed by atoms with Crippen molar-refractivity contribution in [3.05, 3.63) is 29.8 Å². The third-order valence-corrected chi connectivity index (χ3v) is 8.36. The van der Waals surface area contributed by atoms with Gasteiger partial charge in [-0.15, -0.1) is 0 Å². The number of nitrogens with zero attached hydrogens (tertiary/aromatic N) is 2. The summed E-state index contributed by atoms with van der Waals surface area (Å²) in [4.78, 5) is 54.2. The second kappa shape index (κ2) is 9.88. The third-order valence-electron chi connectivity index (χ3n) is 8.36. The zero-order valence-electron chi connectivity index (χ0n) is 22.0. The van der Waals surface area contributed by atoms with E-state index in [1.807, 2.05) is 19.9 Å². The van der Waals surface area contributed by atoms with Crippen molar-refractivity contribution >= 4 is 29.3 Å². The standard InChI is InChI=1S/C28H33F2N5O4/c1-15(2)9-21(32-24(37)22(17-10-28(29,30)11-17)34-23(36)16-7-8-16)25(38)35-14-27(12-18(35)13-31)19-5-3-4-6-20(19)33-26(27)39/h3-6,15-18,21-22H,7-12,14H2,1-2H3,(H,32,37)(H,33,39)(H,34,36)/t18-,21-,22-,27-/m0/s1. The molecular weight excluding hydrogens is 508 g/mol. The molecule has 4 aliphatic rings. The topological polar surface area (TPSA) is 131 Å². The number of nitriles is 1. The van der Waals surface area contributed by atoms with Crippen molar-refractivity contribution in [3.8, 4) is 6.07 Å². The number of amides is 4. The molecule has 9 nitrogen and oxygen atoms in total. The Labute approximate surface area is 225 Å². The maximum atomic E-state index is 13.9. The lowest BCUT2D eigenvalue weighted by molar-refractivity contribution is -0.147. The highest BCUT2D eigenvalue weighted by Gasteiger charge is 2.57. The van der Waals surface area contributed by atoms with Gasteiger partial charge in [0, 0.05) is 37.4 Å². The van der Waals surface area contributed by atoms with Gasteiger partial charge in [0.15, 0.2) is 0 Å². The second-order valence-electron chi connectivity index (χ2n) is 11.9. The van der Waals surface area contributed by atoms with Gasteiger partial charge in [0.1, 0.15) is 18.1 Å². The van der Waals surface area contributed by atoms with E-state index < -0.39 is 60.0 Å². The smallest absolute Gasteiger partial charge is 0.248 e. The average Bonchev–Trinajstić information content (AvgIpc) is 3.59. The van der Waals surface area contributed by atoms with E-state index in [9.17, 15) is 33.2 Å². The van der Waals surface area contributed by atoms with Gasteiger partial charge in [-0.3, -0.25) is 19.2 Å². The van der Waals surface area contributed by atoms with Gasteiger partial charge < -0.3 is 20.9 Å². The molecule has 0 radical (unpaired) electrons. The minimum atomic E-state index is -2.89. The van der Waals surface area contributed by atoms with E-state index in [0.29, 0.717) is 18.5 Å². The van der Waals surface area contributed by atoms with Gasteiger partial charge in [0.05, 0.1) is 11.5 Å². The number of nitrogens with one attached hydrogen (secondary N) is 3. The fourth-order valence-corrected chi connectivity index (χ4v) is 6.10. The number of para-hydroxylation sites is 1. The Morgan fingerprint density at radius 2 is 1.85 bits per heavy atom. The van der Waals surface area contributed by atoms with E-state index >= 15 is 0 Å². The minimum Gasteiger partial charge on any atom is -0.344 e. The average molecular weight is 542 g/mol. The highest BCUT2D eigenvalue weighted by molar-refractivity contribution is 6.07. The molecule has 0 bridgehead atoms. The van der Waals surface area contributed by atoms with Crippen molar-refractivity contribution in [2.45, 2.75) is 81.8 Å². The summed E-state index contributed by atoms with van der Waals surface area (Å²) in [6, 6.07) is 6.20. The first-order valence-corrected chi connectivity index (χ1v) is 13.5. The summed E-state index contributed by atoms with van der Waals surface area (Å²) in [7, 11) is 0. The van der Waals surface area contributed by atoms with Crippen LogP contribution in [0.25, 0.3) is 0 Å². The first kappa shape index (κ1) is 27.0. The zero-order valence-corrected chi connectivity index (χ0v) is 22.0. The molecule has 11 heteroatoms. The Balaban J connectivity index is 1.36. The van der Waals surface area contributed by atoms with Crippen molar-refractivity contribution in [1.29, 1.82) is 5.26 Å². The Bertz CT molecular complexity index is 1230. The van der Waals surface area contributed by atoms with Crippen molar-refractivity contribution in [2.75, 3.05) is 11.9 Å². The molecule has 2 heterocycles. The first-order chi connectivity index (χ1) is 18.4. The molecule has 208 valence electrons. The maximum Gasteiger partial charge on any atom is 0.248 e. The van der Waals surface area contributed by atoms with E-state index in [1.54, 1.807) is 18.2 Å². The summed E-state index contributed by atoms with van der Waals surface area (Å²) in [6.45, 7) is 3.73. The number of hydrogen-bond donors (Lipinski definition) is 3. The summed E-state index contributed by atoms with van der Waals surface area (Å²) < 4.78 is 27.4. The maximum absolute atomic E-state index is 13.9. The molecule has 2 aliphatic carbocycles. The Hall–Kier alpha value is -3.55. The van der Waals surface area contributed by atoms with Crippen LogP contribution in [0.2, 0.25) is 0 Å². The molecular formula is C28H33F2N5O4. The van der Waals surface area contributed by atoms with Crippen LogP contribution in [0.15, 0.2) is 24.3 Å². The molecule has 39 heavy (non-hydrogen) atoms. The predicted octanol–water partition coefficient (Wildman–Crippen LogP) is 2.47. The van der Waals surface area contributed by atoms with E-state index in [2.05, 4.69) is 22.0 Å². The van der Waals surface area contributed by atoms with Crippen LogP contribution >= 0.6 is 0 Å². The number of hydrogen-bond acceptors (Lipinski definition) is 5. The number of alkyl halides is 2. The van der Waals surface area contributed by atoms with E-state index in [1.165, 1.54) is 4.90 Å². The summed E-state index contributed by atoms with van der Waals surface area (Å²) in [5.74, 6) is -5.68. The molecule has 0 unspecified atom stereocenters. The first-order valence-electron chi connectivity index (χ1n) is 13.5. The summed E-state index contributed by atoms with van der Waals surface area (Å²) in [5, 5.41) is 18.2. The quantitative estimate of drug-likeness (QED) is 0.465. The molecule has 1 aromatic rings.